The van der Waals surface area contributed by atoms with Crippen LogP contribution in [-0.2, 0) is 4.74 Å². The lowest BCUT2D eigenvalue weighted by Crippen LogP contribution is -2.27. The lowest BCUT2D eigenvalue weighted by atomic mass is 10.2. The Labute approximate surface area is 143 Å². The van der Waals surface area contributed by atoms with Crippen LogP contribution in [0, 0.1) is 11.3 Å². The van der Waals surface area contributed by atoms with Gasteiger partial charge in [-0.05, 0) is 12.1 Å². The number of para-hydroxylation sites is 1. The minimum Gasteiger partial charge on any atom is -0.495 e. The lowest BCUT2D eigenvalue weighted by Gasteiger charge is -2.26. The molecule has 0 saturated carbocycles. The van der Waals surface area contributed by atoms with Crippen LogP contribution in [0.15, 0.2) is 53.6 Å². The number of ether oxygens (including phenoxy) is 1. The summed E-state index contributed by atoms with van der Waals surface area (Å²) in [6.45, 7) is 0. The molecule has 1 rings (SSSR count). The SMILES string of the molecule is CO/C(=C/C(=S)Nc1ccccc1)C(C#N)=C(N(C)C)N(C)C. The van der Waals surface area contributed by atoms with E-state index in [2.05, 4.69) is 11.4 Å². The average Bonchev–Trinajstić information content (AvgIpc) is 2.50. The number of methoxy groups -OCH3 is 1. The highest BCUT2D eigenvalue weighted by Crippen LogP contribution is 2.19. The van der Waals surface area contributed by atoms with Gasteiger partial charge in [0.1, 0.15) is 28.2 Å². The number of nitrogens with one attached hydrogen (secondary N) is 1. The van der Waals surface area contributed by atoms with Gasteiger partial charge in [-0.25, -0.2) is 0 Å². The van der Waals surface area contributed by atoms with Crippen LogP contribution in [0.25, 0.3) is 0 Å². The first kappa shape index (κ1) is 18.5. The highest BCUT2D eigenvalue weighted by atomic mass is 32.1. The minimum absolute atomic E-state index is 0.415. The van der Waals surface area contributed by atoms with Crippen molar-refractivity contribution in [1.29, 1.82) is 5.26 Å². The number of benzene rings is 1. The average molecular weight is 330 g/mol. The number of nitriles is 1. The number of hydrogen-bond donors (Lipinski definition) is 1. The van der Waals surface area contributed by atoms with Crippen molar-refractivity contribution in [2.45, 2.75) is 0 Å². The Morgan fingerprint density at radius 3 is 2.17 bits per heavy atom. The monoisotopic (exact) mass is 330 g/mol. The topological polar surface area (TPSA) is 51.5 Å². The van der Waals surface area contributed by atoms with Gasteiger partial charge in [0.15, 0.2) is 0 Å². The number of anilines is 1. The molecule has 0 saturated heterocycles. The van der Waals surface area contributed by atoms with E-state index in [9.17, 15) is 5.26 Å². The summed E-state index contributed by atoms with van der Waals surface area (Å²) in [4.78, 5) is 4.19. The third-order valence-corrected chi connectivity index (χ3v) is 3.17. The second kappa shape index (κ2) is 8.81. The highest BCUT2D eigenvalue weighted by molar-refractivity contribution is 7.81. The maximum Gasteiger partial charge on any atom is 0.143 e. The molecule has 23 heavy (non-hydrogen) atoms. The first-order valence-electron chi connectivity index (χ1n) is 7.01. The second-order valence-corrected chi connectivity index (χ2v) is 5.61. The molecule has 0 bridgehead atoms. The third-order valence-electron chi connectivity index (χ3n) is 2.95. The van der Waals surface area contributed by atoms with E-state index in [0.717, 1.165) is 11.5 Å². The normalized spacial score (nSPS) is 10.3. The molecule has 0 aromatic heterocycles. The first-order chi connectivity index (χ1) is 10.9. The number of nitrogens with zero attached hydrogens (tertiary/aromatic N) is 3. The van der Waals surface area contributed by atoms with Crippen LogP contribution >= 0.6 is 12.2 Å². The van der Waals surface area contributed by atoms with Crippen LogP contribution in [0.2, 0.25) is 0 Å². The molecule has 0 unspecified atom stereocenters. The van der Waals surface area contributed by atoms with Gasteiger partial charge < -0.3 is 19.9 Å². The largest absolute Gasteiger partial charge is 0.495 e. The molecule has 1 N–H and O–H groups in total. The summed E-state index contributed by atoms with van der Waals surface area (Å²) in [5.74, 6) is 1.15. The standard InChI is InChI=1S/C17H22N4OS/c1-20(2)17(21(3)4)14(12-18)15(22-5)11-16(23)19-13-9-7-6-8-10-13/h6-11H,1-5H3,(H,19,23)/b15-11+. The number of thiocarbonyl (C=S) groups is 1. The third kappa shape index (κ3) is 5.31. The van der Waals surface area contributed by atoms with Crippen LogP contribution in [-0.4, -0.2) is 50.1 Å². The summed E-state index contributed by atoms with van der Waals surface area (Å²) < 4.78 is 5.39. The van der Waals surface area contributed by atoms with E-state index in [0.29, 0.717) is 16.3 Å². The van der Waals surface area contributed by atoms with Crippen molar-refractivity contribution in [2.75, 3.05) is 40.6 Å². The van der Waals surface area contributed by atoms with E-state index in [1.165, 1.54) is 7.11 Å². The van der Waals surface area contributed by atoms with E-state index >= 15 is 0 Å². The smallest absolute Gasteiger partial charge is 0.143 e. The summed E-state index contributed by atoms with van der Waals surface area (Å²) in [6.07, 6.45) is 1.65. The summed E-state index contributed by atoms with van der Waals surface area (Å²) >= 11 is 5.34. The van der Waals surface area contributed by atoms with E-state index in [-0.39, 0.29) is 0 Å². The van der Waals surface area contributed by atoms with Crippen molar-refractivity contribution >= 4 is 22.9 Å². The molecule has 0 heterocycles. The fraction of sp³-hybridized carbons (Fsp3) is 0.294. The number of hydrogen-bond acceptors (Lipinski definition) is 5. The van der Waals surface area contributed by atoms with Gasteiger partial charge in [-0.2, -0.15) is 5.26 Å². The zero-order valence-electron chi connectivity index (χ0n) is 14.1. The van der Waals surface area contributed by atoms with Gasteiger partial charge in [-0.15, -0.1) is 0 Å². The lowest BCUT2D eigenvalue weighted by molar-refractivity contribution is 0.288. The molecule has 6 heteroatoms. The van der Waals surface area contributed by atoms with Gasteiger partial charge in [-0.1, -0.05) is 30.4 Å². The van der Waals surface area contributed by atoms with Crippen LogP contribution < -0.4 is 5.32 Å². The van der Waals surface area contributed by atoms with Gasteiger partial charge in [0.2, 0.25) is 0 Å². The number of rotatable bonds is 6. The van der Waals surface area contributed by atoms with Gasteiger partial charge in [-0.3, -0.25) is 0 Å². The molecule has 0 radical (unpaired) electrons. The van der Waals surface area contributed by atoms with Gasteiger partial charge in [0, 0.05) is 40.0 Å². The van der Waals surface area contributed by atoms with Gasteiger partial charge >= 0.3 is 0 Å². The van der Waals surface area contributed by atoms with E-state index in [4.69, 9.17) is 17.0 Å². The van der Waals surface area contributed by atoms with E-state index in [1.807, 2.05) is 68.3 Å². The molecule has 1 aromatic rings. The summed E-state index contributed by atoms with van der Waals surface area (Å²) in [5.41, 5.74) is 1.30. The molecule has 0 fully saturated rings. The van der Waals surface area contributed by atoms with Crippen molar-refractivity contribution in [1.82, 2.24) is 9.80 Å². The molecule has 1 aromatic carbocycles. The maximum atomic E-state index is 9.55. The Morgan fingerprint density at radius 2 is 1.74 bits per heavy atom. The maximum absolute atomic E-state index is 9.55. The molecule has 0 atom stereocenters. The summed E-state index contributed by atoms with van der Waals surface area (Å²) in [7, 11) is 9.03. The Balaban J connectivity index is 3.16. The molecule has 0 aliphatic heterocycles. The highest BCUT2D eigenvalue weighted by Gasteiger charge is 2.17. The zero-order valence-corrected chi connectivity index (χ0v) is 14.9. The summed E-state index contributed by atoms with van der Waals surface area (Å²) in [6, 6.07) is 11.8. The zero-order chi connectivity index (χ0) is 17.4. The first-order valence-corrected chi connectivity index (χ1v) is 7.42. The van der Waals surface area contributed by atoms with Gasteiger partial charge in [0.05, 0.1) is 7.11 Å². The van der Waals surface area contributed by atoms with Crippen molar-refractivity contribution in [3.8, 4) is 6.07 Å². The fourth-order valence-electron chi connectivity index (χ4n) is 2.11. The van der Waals surface area contributed by atoms with Crippen LogP contribution in [0.5, 0.6) is 0 Å². The summed E-state index contributed by atoms with van der Waals surface area (Å²) in [5, 5.41) is 12.7. The molecule has 122 valence electrons. The molecule has 0 aliphatic rings. The molecule has 0 spiro atoms. The predicted octanol–water partition coefficient (Wildman–Crippen LogP) is 2.81. The minimum atomic E-state index is 0.415. The quantitative estimate of drug-likeness (QED) is 0.285. The van der Waals surface area contributed by atoms with E-state index in [1.54, 1.807) is 6.08 Å². The van der Waals surface area contributed by atoms with Crippen molar-refractivity contribution in [3.05, 3.63) is 53.6 Å². The molecule has 0 amide bonds. The number of allylic oxidation sites excluding steroid dienone is 1. The van der Waals surface area contributed by atoms with Crippen LogP contribution in [0.4, 0.5) is 5.69 Å². The Morgan fingerprint density at radius 1 is 1.17 bits per heavy atom. The molecule has 5 nitrogen and oxygen atoms in total. The van der Waals surface area contributed by atoms with Gasteiger partial charge in [0.25, 0.3) is 0 Å². The van der Waals surface area contributed by atoms with Crippen LogP contribution in [0.3, 0.4) is 0 Å². The van der Waals surface area contributed by atoms with E-state index < -0.39 is 0 Å². The predicted molar refractivity (Wildman–Crippen MR) is 97.8 cm³/mol. The molecular formula is C17H22N4OS. The van der Waals surface area contributed by atoms with Crippen molar-refractivity contribution in [2.24, 2.45) is 0 Å². The Kier molecular flexibility index (Phi) is 7.10. The Hall–Kier alpha value is -2.52. The van der Waals surface area contributed by atoms with Crippen molar-refractivity contribution in [3.63, 3.8) is 0 Å². The second-order valence-electron chi connectivity index (χ2n) is 5.17. The molecular weight excluding hydrogens is 308 g/mol. The van der Waals surface area contributed by atoms with Crippen LogP contribution in [0.1, 0.15) is 0 Å². The fourth-order valence-corrected chi connectivity index (χ4v) is 2.34. The molecule has 0 aliphatic carbocycles. The Bertz CT molecular complexity index is 632. The van der Waals surface area contributed by atoms with Crippen molar-refractivity contribution < 1.29 is 4.74 Å².